The maximum Gasteiger partial charge on any atom is 0.325 e. The van der Waals surface area contributed by atoms with E-state index in [0.29, 0.717) is 12.1 Å². The number of aliphatic carboxylic acids is 1. The van der Waals surface area contributed by atoms with Crippen LogP contribution in [0.2, 0.25) is 0 Å². The lowest BCUT2D eigenvalue weighted by Gasteiger charge is -2.08. The molecule has 0 fully saturated rings. The molecule has 0 unspecified atom stereocenters. The Morgan fingerprint density at radius 3 is 2.43 bits per heavy atom. The van der Waals surface area contributed by atoms with Crippen LogP contribution >= 0.6 is 0 Å². The summed E-state index contributed by atoms with van der Waals surface area (Å²) in [6.07, 6.45) is 0. The maximum absolute atomic E-state index is 13.0. The third kappa shape index (κ3) is 1.80. The van der Waals surface area contributed by atoms with Crippen LogP contribution in [0.1, 0.15) is 11.6 Å². The van der Waals surface area contributed by atoms with Crippen LogP contribution in [-0.2, 0) is 4.79 Å². The summed E-state index contributed by atoms with van der Waals surface area (Å²) >= 11 is 0. The summed E-state index contributed by atoms with van der Waals surface area (Å²) in [6.45, 7) is 0. The number of nitrogens with two attached hydrogens (primary N) is 1. The zero-order valence-electron chi connectivity index (χ0n) is 6.87. The molecule has 4 N–H and O–H groups in total. The number of phenols is 1. The van der Waals surface area contributed by atoms with Crippen molar-refractivity contribution in [3.05, 3.63) is 29.3 Å². The fourth-order valence-corrected chi connectivity index (χ4v) is 0.923. The molecule has 4 nitrogen and oxygen atoms in total. The molecule has 76 valence electrons. The van der Waals surface area contributed by atoms with Gasteiger partial charge in [0, 0.05) is 11.6 Å². The van der Waals surface area contributed by atoms with Crippen LogP contribution in [0.5, 0.6) is 5.75 Å². The van der Waals surface area contributed by atoms with Gasteiger partial charge >= 0.3 is 5.97 Å². The lowest BCUT2D eigenvalue weighted by molar-refractivity contribution is -0.138. The Labute approximate surface area is 77.6 Å². The lowest BCUT2D eigenvalue weighted by Crippen LogP contribution is -2.22. The number of carbonyl (C=O) groups is 1. The zero-order chi connectivity index (χ0) is 10.9. The number of benzene rings is 1. The number of phenolic OH excluding ortho intramolecular Hbond substituents is 1. The molecule has 0 aliphatic carbocycles. The Morgan fingerprint density at radius 1 is 1.36 bits per heavy atom. The molecule has 0 saturated heterocycles. The Balaban J connectivity index is 3.22. The Kier molecular flexibility index (Phi) is 2.66. The zero-order valence-corrected chi connectivity index (χ0v) is 6.87. The van der Waals surface area contributed by atoms with Crippen LogP contribution in [0.3, 0.4) is 0 Å². The summed E-state index contributed by atoms with van der Waals surface area (Å²) in [5, 5.41) is 17.2. The van der Waals surface area contributed by atoms with Crippen molar-refractivity contribution in [3.63, 3.8) is 0 Å². The summed E-state index contributed by atoms with van der Waals surface area (Å²) < 4.78 is 25.7. The van der Waals surface area contributed by atoms with E-state index in [1.54, 1.807) is 0 Å². The fraction of sp³-hybridized carbons (Fsp3) is 0.125. The average Bonchev–Trinajstić information content (AvgIpc) is 2.10. The van der Waals surface area contributed by atoms with Gasteiger partial charge in [-0.25, -0.2) is 8.78 Å². The van der Waals surface area contributed by atoms with Gasteiger partial charge in [0.2, 0.25) is 0 Å². The Hall–Kier alpha value is -1.69. The van der Waals surface area contributed by atoms with E-state index in [0.717, 1.165) is 0 Å². The van der Waals surface area contributed by atoms with Gasteiger partial charge in [-0.3, -0.25) is 4.79 Å². The summed E-state index contributed by atoms with van der Waals surface area (Å²) in [6, 6.07) is -0.609. The third-order valence-electron chi connectivity index (χ3n) is 1.67. The highest BCUT2D eigenvalue weighted by molar-refractivity contribution is 5.75. The monoisotopic (exact) mass is 203 g/mol. The minimum atomic E-state index is -1.65. The van der Waals surface area contributed by atoms with E-state index >= 15 is 0 Å². The molecule has 1 aromatic rings. The van der Waals surface area contributed by atoms with Crippen molar-refractivity contribution in [2.24, 2.45) is 5.73 Å². The molecule has 14 heavy (non-hydrogen) atoms. The highest BCUT2D eigenvalue weighted by atomic mass is 19.1. The molecule has 1 aromatic carbocycles. The summed E-state index contributed by atoms with van der Waals surface area (Å²) in [5.74, 6) is -4.53. The largest absolute Gasteiger partial charge is 0.505 e. The van der Waals surface area contributed by atoms with Gasteiger partial charge in [0.05, 0.1) is 0 Å². The average molecular weight is 203 g/mol. The van der Waals surface area contributed by atoms with Crippen molar-refractivity contribution in [1.82, 2.24) is 0 Å². The summed E-state index contributed by atoms with van der Waals surface area (Å²) in [5.41, 5.74) is 4.56. The number of aromatic hydroxyl groups is 1. The standard InChI is InChI=1S/C8H7F2NO3/c9-4-2-6(12)5(10)1-3(4)7(11)8(13)14/h1-2,7,12H,11H2,(H,13,14)/t7-/m1/s1. The van der Waals surface area contributed by atoms with E-state index in [2.05, 4.69) is 0 Å². The van der Waals surface area contributed by atoms with Crippen molar-refractivity contribution in [1.29, 1.82) is 0 Å². The molecule has 0 aliphatic heterocycles. The number of halogens is 2. The van der Waals surface area contributed by atoms with Crippen molar-refractivity contribution in [2.45, 2.75) is 6.04 Å². The molecule has 0 aliphatic rings. The predicted molar refractivity (Wildman–Crippen MR) is 42.6 cm³/mol. The second kappa shape index (κ2) is 3.59. The third-order valence-corrected chi connectivity index (χ3v) is 1.67. The van der Waals surface area contributed by atoms with Crippen LogP contribution in [0.15, 0.2) is 12.1 Å². The molecular weight excluding hydrogens is 196 g/mol. The Bertz CT molecular complexity index is 381. The predicted octanol–water partition coefficient (Wildman–Crippen LogP) is 0.755. The van der Waals surface area contributed by atoms with Gasteiger partial charge in [-0.1, -0.05) is 0 Å². The van der Waals surface area contributed by atoms with Gasteiger partial charge in [0.15, 0.2) is 11.6 Å². The molecule has 0 heterocycles. The first-order valence-electron chi connectivity index (χ1n) is 3.59. The van der Waals surface area contributed by atoms with E-state index in [-0.39, 0.29) is 0 Å². The van der Waals surface area contributed by atoms with Crippen molar-refractivity contribution >= 4 is 5.97 Å². The van der Waals surface area contributed by atoms with E-state index < -0.39 is 35.0 Å². The number of hydrogen-bond acceptors (Lipinski definition) is 3. The van der Waals surface area contributed by atoms with E-state index in [4.69, 9.17) is 15.9 Å². The molecule has 0 aromatic heterocycles. The summed E-state index contributed by atoms with van der Waals surface area (Å²) in [7, 11) is 0. The van der Waals surface area contributed by atoms with Gasteiger partial charge in [0.1, 0.15) is 11.9 Å². The molecule has 6 heteroatoms. The SMILES string of the molecule is N[C@@H](C(=O)O)c1cc(F)c(O)cc1F. The normalized spacial score (nSPS) is 12.5. The van der Waals surface area contributed by atoms with Crippen LogP contribution in [0.25, 0.3) is 0 Å². The fourth-order valence-electron chi connectivity index (χ4n) is 0.923. The smallest absolute Gasteiger partial charge is 0.325 e. The lowest BCUT2D eigenvalue weighted by atomic mass is 10.1. The maximum atomic E-state index is 13.0. The quantitative estimate of drug-likeness (QED) is 0.662. The molecule has 1 rings (SSSR count). The van der Waals surface area contributed by atoms with Crippen LogP contribution in [-0.4, -0.2) is 16.2 Å². The Morgan fingerprint density at radius 2 is 1.93 bits per heavy atom. The molecule has 1 atom stereocenters. The van der Waals surface area contributed by atoms with Gasteiger partial charge in [-0.15, -0.1) is 0 Å². The topological polar surface area (TPSA) is 83.6 Å². The highest BCUT2D eigenvalue weighted by Gasteiger charge is 2.20. The van der Waals surface area contributed by atoms with E-state index in [1.165, 1.54) is 0 Å². The summed E-state index contributed by atoms with van der Waals surface area (Å²) in [4.78, 5) is 10.4. The molecule has 0 bridgehead atoms. The second-order valence-electron chi connectivity index (χ2n) is 2.64. The minimum Gasteiger partial charge on any atom is -0.505 e. The van der Waals surface area contributed by atoms with Crippen LogP contribution in [0.4, 0.5) is 8.78 Å². The molecule has 0 spiro atoms. The van der Waals surface area contributed by atoms with Crippen molar-refractivity contribution in [2.75, 3.05) is 0 Å². The van der Waals surface area contributed by atoms with Crippen molar-refractivity contribution in [3.8, 4) is 5.75 Å². The first-order valence-corrected chi connectivity index (χ1v) is 3.59. The van der Waals surface area contributed by atoms with Gasteiger partial charge in [0.25, 0.3) is 0 Å². The van der Waals surface area contributed by atoms with Crippen LogP contribution in [0, 0.1) is 11.6 Å². The minimum absolute atomic E-state index is 0.480. The first-order chi connectivity index (χ1) is 6.43. The van der Waals surface area contributed by atoms with E-state index in [1.807, 2.05) is 0 Å². The molecule has 0 radical (unpaired) electrons. The van der Waals surface area contributed by atoms with Crippen LogP contribution < -0.4 is 5.73 Å². The molecule has 0 saturated carbocycles. The number of carboxylic acid groups (broad SMARTS) is 1. The highest BCUT2D eigenvalue weighted by Crippen LogP contribution is 2.23. The number of rotatable bonds is 2. The number of carboxylic acids is 1. The van der Waals surface area contributed by atoms with Crippen molar-refractivity contribution < 1.29 is 23.8 Å². The van der Waals surface area contributed by atoms with Gasteiger partial charge < -0.3 is 15.9 Å². The molecule has 0 amide bonds. The van der Waals surface area contributed by atoms with Gasteiger partial charge in [-0.2, -0.15) is 0 Å². The second-order valence-corrected chi connectivity index (χ2v) is 2.64. The van der Waals surface area contributed by atoms with Gasteiger partial charge in [-0.05, 0) is 6.07 Å². The molecular formula is C8H7F2NO3. The van der Waals surface area contributed by atoms with E-state index in [9.17, 15) is 13.6 Å². The first kappa shape index (κ1) is 10.4. The number of hydrogen-bond donors (Lipinski definition) is 3.